The molecule has 7 nitrogen and oxygen atoms in total. The molecule has 0 bridgehead atoms. The van der Waals surface area contributed by atoms with Crippen molar-refractivity contribution >= 4 is 40.1 Å². The molecule has 0 spiro atoms. The molecule has 0 aliphatic heterocycles. The summed E-state index contributed by atoms with van der Waals surface area (Å²) in [5, 5.41) is 14.2. The smallest absolute Gasteiger partial charge is 0.271 e. The van der Waals surface area contributed by atoms with Gasteiger partial charge in [-0.15, -0.1) is 0 Å². The van der Waals surface area contributed by atoms with Crippen molar-refractivity contribution in [3.05, 3.63) is 58.1 Å². The molecule has 24 heavy (non-hydrogen) atoms. The molecule has 122 valence electrons. The molecular weight excluding hydrogens is 328 g/mol. The summed E-state index contributed by atoms with van der Waals surface area (Å²) in [7, 11) is 0. The molecule has 2 aromatic carbocycles. The third-order valence-electron chi connectivity index (χ3n) is 3.41. The van der Waals surface area contributed by atoms with E-state index in [1.807, 2.05) is 24.3 Å². The minimum atomic E-state index is -0.488. The van der Waals surface area contributed by atoms with Gasteiger partial charge in [-0.2, -0.15) is 0 Å². The Labute approximate surface area is 141 Å². The van der Waals surface area contributed by atoms with E-state index in [2.05, 4.69) is 15.3 Å². The van der Waals surface area contributed by atoms with Crippen molar-refractivity contribution in [3.8, 4) is 0 Å². The number of benzene rings is 2. The number of nitrogens with zero attached hydrogens (tertiary/aromatic N) is 2. The Kier molecular flexibility index (Phi) is 4.48. The summed E-state index contributed by atoms with van der Waals surface area (Å²) in [6.45, 7) is 1.78. The standard InChI is InChI=1S/C16H14N4O3S/c1-10-6-7-11(20(22)23)8-14(10)17-15(21)9-24-16-18-12-4-2-3-5-13(12)19-16/h2-8H,9H2,1H3,(H,17,21)(H,18,19). The molecule has 0 fully saturated rings. The van der Waals surface area contributed by atoms with E-state index in [0.29, 0.717) is 10.8 Å². The van der Waals surface area contributed by atoms with Gasteiger partial charge in [0, 0.05) is 12.1 Å². The minimum absolute atomic E-state index is 0.0548. The second-order valence-electron chi connectivity index (χ2n) is 5.15. The van der Waals surface area contributed by atoms with E-state index >= 15 is 0 Å². The number of aromatic amines is 1. The van der Waals surface area contributed by atoms with Gasteiger partial charge >= 0.3 is 0 Å². The van der Waals surface area contributed by atoms with E-state index in [4.69, 9.17) is 0 Å². The number of carbonyl (C=O) groups is 1. The minimum Gasteiger partial charge on any atom is -0.333 e. The predicted octanol–water partition coefficient (Wildman–Crippen LogP) is 3.51. The number of nitro groups is 1. The van der Waals surface area contributed by atoms with Gasteiger partial charge in [0.2, 0.25) is 5.91 Å². The molecule has 3 rings (SSSR count). The normalized spacial score (nSPS) is 10.7. The molecule has 0 saturated heterocycles. The number of hydrogen-bond donors (Lipinski definition) is 2. The fraction of sp³-hybridized carbons (Fsp3) is 0.125. The summed E-state index contributed by atoms with van der Waals surface area (Å²) < 4.78 is 0. The van der Waals surface area contributed by atoms with Gasteiger partial charge in [0.05, 0.1) is 27.4 Å². The highest BCUT2D eigenvalue weighted by Gasteiger charge is 2.12. The molecule has 0 atom stereocenters. The average Bonchev–Trinajstić information content (AvgIpc) is 2.97. The third-order valence-corrected chi connectivity index (χ3v) is 4.29. The van der Waals surface area contributed by atoms with E-state index in [9.17, 15) is 14.9 Å². The van der Waals surface area contributed by atoms with Crippen LogP contribution in [0.4, 0.5) is 11.4 Å². The number of imidazole rings is 1. The highest BCUT2D eigenvalue weighted by atomic mass is 32.2. The number of rotatable bonds is 5. The van der Waals surface area contributed by atoms with E-state index < -0.39 is 4.92 Å². The summed E-state index contributed by atoms with van der Waals surface area (Å²) >= 11 is 1.28. The molecule has 0 aliphatic carbocycles. The molecule has 0 aliphatic rings. The van der Waals surface area contributed by atoms with Crippen LogP contribution in [0.3, 0.4) is 0 Å². The van der Waals surface area contributed by atoms with Crippen molar-refractivity contribution in [2.75, 3.05) is 11.1 Å². The zero-order valence-electron chi connectivity index (χ0n) is 12.8. The molecule has 1 amide bonds. The summed E-state index contributed by atoms with van der Waals surface area (Å²) in [6.07, 6.45) is 0. The average molecular weight is 342 g/mol. The molecule has 1 aromatic heterocycles. The Hall–Kier alpha value is -2.87. The number of aryl methyl sites for hydroxylation is 1. The van der Waals surface area contributed by atoms with Crippen molar-refractivity contribution in [1.82, 2.24) is 9.97 Å². The molecule has 0 radical (unpaired) electrons. The fourth-order valence-corrected chi connectivity index (χ4v) is 2.86. The topological polar surface area (TPSA) is 101 Å². The number of para-hydroxylation sites is 2. The maximum absolute atomic E-state index is 12.1. The van der Waals surface area contributed by atoms with Gasteiger partial charge in [-0.05, 0) is 24.6 Å². The number of H-pyrrole nitrogens is 1. The van der Waals surface area contributed by atoms with Gasteiger partial charge in [-0.25, -0.2) is 4.98 Å². The Morgan fingerprint density at radius 2 is 2.12 bits per heavy atom. The third kappa shape index (κ3) is 3.54. The van der Waals surface area contributed by atoms with Crippen LogP contribution in [0.15, 0.2) is 47.6 Å². The van der Waals surface area contributed by atoms with Crippen LogP contribution in [0.1, 0.15) is 5.56 Å². The lowest BCUT2D eigenvalue weighted by atomic mass is 10.2. The van der Waals surface area contributed by atoms with Crippen molar-refractivity contribution in [1.29, 1.82) is 0 Å². The number of hydrogen-bond acceptors (Lipinski definition) is 5. The second kappa shape index (κ2) is 6.71. The summed E-state index contributed by atoms with van der Waals surface area (Å²) in [5.41, 5.74) is 2.91. The maximum atomic E-state index is 12.1. The summed E-state index contributed by atoms with van der Waals surface area (Å²) in [5.74, 6) is -0.0915. The van der Waals surface area contributed by atoms with Crippen LogP contribution in [-0.2, 0) is 4.79 Å². The van der Waals surface area contributed by atoms with Crippen LogP contribution in [0.2, 0.25) is 0 Å². The number of amides is 1. The number of carbonyl (C=O) groups excluding carboxylic acids is 1. The van der Waals surface area contributed by atoms with E-state index in [1.165, 1.54) is 23.9 Å². The number of non-ortho nitro benzene ring substituents is 1. The monoisotopic (exact) mass is 342 g/mol. The van der Waals surface area contributed by atoms with Crippen molar-refractivity contribution in [2.24, 2.45) is 0 Å². The second-order valence-corrected chi connectivity index (χ2v) is 6.12. The zero-order chi connectivity index (χ0) is 17.1. The molecule has 3 aromatic rings. The lowest BCUT2D eigenvalue weighted by molar-refractivity contribution is -0.384. The quantitative estimate of drug-likeness (QED) is 0.420. The molecule has 1 heterocycles. The largest absolute Gasteiger partial charge is 0.333 e. The van der Waals surface area contributed by atoms with E-state index in [0.717, 1.165) is 16.6 Å². The number of fused-ring (bicyclic) bond motifs is 1. The highest BCUT2D eigenvalue weighted by Crippen LogP contribution is 2.23. The van der Waals surface area contributed by atoms with Gasteiger partial charge in [0.15, 0.2) is 5.16 Å². The van der Waals surface area contributed by atoms with Crippen molar-refractivity contribution in [3.63, 3.8) is 0 Å². The van der Waals surface area contributed by atoms with Crippen LogP contribution in [0.25, 0.3) is 11.0 Å². The van der Waals surface area contributed by atoms with Gasteiger partial charge in [-0.1, -0.05) is 30.0 Å². The van der Waals surface area contributed by atoms with Crippen molar-refractivity contribution in [2.45, 2.75) is 12.1 Å². The van der Waals surface area contributed by atoms with E-state index in [-0.39, 0.29) is 17.3 Å². The molecule has 2 N–H and O–H groups in total. The van der Waals surface area contributed by atoms with Gasteiger partial charge in [0.1, 0.15) is 0 Å². The predicted molar refractivity (Wildman–Crippen MR) is 93.3 cm³/mol. The number of anilines is 1. The lowest BCUT2D eigenvalue weighted by Crippen LogP contribution is -2.15. The van der Waals surface area contributed by atoms with Crippen LogP contribution < -0.4 is 5.32 Å². The Bertz CT molecular complexity index is 890. The molecule has 0 saturated carbocycles. The lowest BCUT2D eigenvalue weighted by Gasteiger charge is -2.07. The first-order valence-corrected chi connectivity index (χ1v) is 8.14. The first kappa shape index (κ1) is 16.0. The van der Waals surface area contributed by atoms with Crippen molar-refractivity contribution < 1.29 is 9.72 Å². The SMILES string of the molecule is Cc1ccc([N+](=O)[O-])cc1NC(=O)CSc1nc2ccccc2[nH]1. The zero-order valence-corrected chi connectivity index (χ0v) is 13.6. The van der Waals surface area contributed by atoms with Gasteiger partial charge < -0.3 is 10.3 Å². The summed E-state index contributed by atoms with van der Waals surface area (Å²) in [4.78, 5) is 29.9. The van der Waals surface area contributed by atoms with Crippen LogP contribution in [0.5, 0.6) is 0 Å². The first-order valence-electron chi connectivity index (χ1n) is 7.15. The number of thioether (sulfide) groups is 1. The Balaban J connectivity index is 1.65. The highest BCUT2D eigenvalue weighted by molar-refractivity contribution is 7.99. The van der Waals surface area contributed by atoms with Crippen LogP contribution >= 0.6 is 11.8 Å². The number of aromatic nitrogens is 2. The summed E-state index contributed by atoms with van der Waals surface area (Å²) in [6, 6.07) is 12.0. The maximum Gasteiger partial charge on any atom is 0.271 e. The van der Waals surface area contributed by atoms with Gasteiger partial charge in [-0.3, -0.25) is 14.9 Å². The number of nitro benzene ring substituents is 1. The fourth-order valence-electron chi connectivity index (χ4n) is 2.18. The number of nitrogens with one attached hydrogen (secondary N) is 2. The first-order chi connectivity index (χ1) is 11.5. The van der Waals surface area contributed by atoms with Gasteiger partial charge in [0.25, 0.3) is 5.69 Å². The molecule has 0 unspecified atom stereocenters. The Morgan fingerprint density at radius 1 is 1.33 bits per heavy atom. The Morgan fingerprint density at radius 3 is 2.88 bits per heavy atom. The molecule has 8 heteroatoms. The van der Waals surface area contributed by atoms with Crippen LogP contribution in [0, 0.1) is 17.0 Å². The van der Waals surface area contributed by atoms with E-state index in [1.54, 1.807) is 13.0 Å². The van der Waals surface area contributed by atoms with Crippen LogP contribution in [-0.4, -0.2) is 26.6 Å². The molecular formula is C16H14N4O3S.